The topological polar surface area (TPSA) is 23.9 Å². The Morgan fingerprint density at radius 2 is 2.10 bits per heavy atom. The van der Waals surface area contributed by atoms with Crippen molar-refractivity contribution in [2.75, 3.05) is 0 Å². The molecule has 0 radical (unpaired) electrons. The lowest BCUT2D eigenvalue weighted by atomic mass is 10.2. The lowest BCUT2D eigenvalue weighted by molar-refractivity contribution is 1.47. The number of rotatable bonds is 3. The average molecular weight is 156 g/mol. The van der Waals surface area contributed by atoms with Gasteiger partial charge in [0.2, 0.25) is 0 Å². The SMILES string of the molecule is C=C/C(Cl)=C\C(=C)C(C)=N. The lowest BCUT2D eigenvalue weighted by Gasteiger charge is -1.93. The molecule has 1 N–H and O–H groups in total. The van der Waals surface area contributed by atoms with Crippen LogP contribution in [0.4, 0.5) is 0 Å². The number of halogens is 1. The van der Waals surface area contributed by atoms with Crippen molar-refractivity contribution in [3.63, 3.8) is 0 Å². The highest BCUT2D eigenvalue weighted by Gasteiger charge is 1.91. The van der Waals surface area contributed by atoms with Crippen LogP contribution in [0.25, 0.3) is 0 Å². The fraction of sp³-hybridized carbons (Fsp3) is 0.125. The molecule has 2 heteroatoms. The van der Waals surface area contributed by atoms with E-state index in [0.29, 0.717) is 16.3 Å². The molecule has 0 aromatic carbocycles. The molecule has 54 valence electrons. The van der Waals surface area contributed by atoms with Gasteiger partial charge in [-0.05, 0) is 18.6 Å². The van der Waals surface area contributed by atoms with E-state index in [1.54, 1.807) is 13.0 Å². The summed E-state index contributed by atoms with van der Waals surface area (Å²) in [6.45, 7) is 8.73. The highest BCUT2D eigenvalue weighted by Crippen LogP contribution is 2.06. The van der Waals surface area contributed by atoms with Gasteiger partial charge in [-0.1, -0.05) is 30.8 Å². The molecule has 0 aliphatic heterocycles. The molecular weight excluding hydrogens is 146 g/mol. The first-order valence-corrected chi connectivity index (χ1v) is 3.19. The van der Waals surface area contributed by atoms with Crippen molar-refractivity contribution >= 4 is 17.3 Å². The van der Waals surface area contributed by atoms with Gasteiger partial charge in [-0.25, -0.2) is 0 Å². The standard InChI is InChI=1S/C8H10ClN/c1-4-8(9)5-6(2)7(3)10/h4-5,10H,1-2H2,3H3/b8-5+,10-7?. The van der Waals surface area contributed by atoms with E-state index in [2.05, 4.69) is 13.2 Å². The fourth-order valence-electron chi connectivity index (χ4n) is 0.334. The minimum absolute atomic E-state index is 0.417. The zero-order valence-electron chi connectivity index (χ0n) is 5.95. The van der Waals surface area contributed by atoms with Crippen molar-refractivity contribution in [1.82, 2.24) is 0 Å². The van der Waals surface area contributed by atoms with Gasteiger partial charge >= 0.3 is 0 Å². The Bertz CT molecular complexity index is 201. The maximum absolute atomic E-state index is 7.13. The average Bonchev–Trinajstić information content (AvgIpc) is 1.87. The van der Waals surface area contributed by atoms with Crippen molar-refractivity contribution in [2.24, 2.45) is 0 Å². The van der Waals surface area contributed by atoms with Crippen molar-refractivity contribution in [3.05, 3.63) is 35.9 Å². The number of allylic oxidation sites excluding steroid dienone is 4. The molecule has 0 rings (SSSR count). The molecule has 0 bridgehead atoms. The molecule has 0 aromatic rings. The molecule has 0 unspecified atom stereocenters. The quantitative estimate of drug-likeness (QED) is 0.479. The smallest absolute Gasteiger partial charge is 0.0406 e. The van der Waals surface area contributed by atoms with E-state index in [1.165, 1.54) is 6.08 Å². The zero-order chi connectivity index (χ0) is 8.15. The van der Waals surface area contributed by atoms with Crippen LogP contribution in [-0.2, 0) is 0 Å². The number of hydrogen-bond donors (Lipinski definition) is 1. The third-order valence-corrected chi connectivity index (χ3v) is 1.25. The summed E-state index contributed by atoms with van der Waals surface area (Å²) >= 11 is 5.59. The second-order valence-electron chi connectivity index (χ2n) is 1.88. The highest BCUT2D eigenvalue weighted by atomic mass is 35.5. The maximum Gasteiger partial charge on any atom is 0.0406 e. The fourth-order valence-corrected chi connectivity index (χ4v) is 0.465. The van der Waals surface area contributed by atoms with Gasteiger partial charge < -0.3 is 5.41 Å². The molecule has 10 heavy (non-hydrogen) atoms. The van der Waals surface area contributed by atoms with Crippen LogP contribution >= 0.6 is 11.6 Å². The molecule has 0 saturated heterocycles. The third kappa shape index (κ3) is 3.25. The Morgan fingerprint density at radius 1 is 1.60 bits per heavy atom. The Kier molecular flexibility index (Phi) is 3.74. The summed E-state index contributed by atoms with van der Waals surface area (Å²) in [6, 6.07) is 0. The van der Waals surface area contributed by atoms with Gasteiger partial charge in [0.15, 0.2) is 0 Å². The summed E-state index contributed by atoms with van der Waals surface area (Å²) in [4.78, 5) is 0. The molecule has 0 aromatic heterocycles. The Balaban J connectivity index is 4.27. The van der Waals surface area contributed by atoms with E-state index in [9.17, 15) is 0 Å². The predicted molar refractivity (Wildman–Crippen MR) is 46.7 cm³/mol. The van der Waals surface area contributed by atoms with Gasteiger partial charge in [-0.2, -0.15) is 0 Å². The van der Waals surface area contributed by atoms with Crippen molar-refractivity contribution in [3.8, 4) is 0 Å². The molecule has 0 amide bonds. The van der Waals surface area contributed by atoms with E-state index < -0.39 is 0 Å². The maximum atomic E-state index is 7.13. The molecular formula is C8H10ClN. The van der Waals surface area contributed by atoms with Crippen LogP contribution in [0.5, 0.6) is 0 Å². The molecule has 0 aliphatic rings. The first-order chi connectivity index (χ1) is 4.57. The van der Waals surface area contributed by atoms with Gasteiger partial charge in [0.25, 0.3) is 0 Å². The summed E-state index contributed by atoms with van der Waals surface area (Å²) in [6.07, 6.45) is 3.12. The summed E-state index contributed by atoms with van der Waals surface area (Å²) in [5, 5.41) is 7.64. The summed E-state index contributed by atoms with van der Waals surface area (Å²) in [5.41, 5.74) is 1.03. The summed E-state index contributed by atoms with van der Waals surface area (Å²) in [5.74, 6) is 0. The molecule has 0 heterocycles. The van der Waals surface area contributed by atoms with E-state index in [0.717, 1.165) is 0 Å². The number of nitrogens with one attached hydrogen (secondary N) is 1. The van der Waals surface area contributed by atoms with Gasteiger partial charge in [0.1, 0.15) is 0 Å². The number of hydrogen-bond acceptors (Lipinski definition) is 1. The largest absolute Gasteiger partial charge is 0.305 e. The van der Waals surface area contributed by atoms with Gasteiger partial charge in [-0.15, -0.1) is 0 Å². The van der Waals surface area contributed by atoms with Crippen LogP contribution in [0.3, 0.4) is 0 Å². The first kappa shape index (κ1) is 9.18. The summed E-state index contributed by atoms with van der Waals surface area (Å²) in [7, 11) is 0. The second kappa shape index (κ2) is 4.07. The molecule has 0 fully saturated rings. The van der Waals surface area contributed by atoms with Gasteiger partial charge in [-0.3, -0.25) is 0 Å². The van der Waals surface area contributed by atoms with Crippen LogP contribution < -0.4 is 0 Å². The minimum Gasteiger partial charge on any atom is -0.305 e. The van der Waals surface area contributed by atoms with Crippen LogP contribution in [0, 0.1) is 5.41 Å². The van der Waals surface area contributed by atoms with Crippen LogP contribution in [0.15, 0.2) is 35.9 Å². The lowest BCUT2D eigenvalue weighted by Crippen LogP contribution is -1.88. The Morgan fingerprint density at radius 3 is 2.40 bits per heavy atom. The zero-order valence-corrected chi connectivity index (χ0v) is 6.70. The molecule has 0 spiro atoms. The van der Waals surface area contributed by atoms with Crippen molar-refractivity contribution in [2.45, 2.75) is 6.92 Å². The molecule has 1 nitrogen and oxygen atoms in total. The monoisotopic (exact) mass is 155 g/mol. The van der Waals surface area contributed by atoms with E-state index in [-0.39, 0.29) is 0 Å². The minimum atomic E-state index is 0.417. The van der Waals surface area contributed by atoms with Crippen molar-refractivity contribution in [1.29, 1.82) is 5.41 Å². The molecule has 0 atom stereocenters. The van der Waals surface area contributed by atoms with E-state index >= 15 is 0 Å². The van der Waals surface area contributed by atoms with E-state index in [4.69, 9.17) is 17.0 Å². The molecule has 0 aliphatic carbocycles. The van der Waals surface area contributed by atoms with Gasteiger partial charge in [0, 0.05) is 10.7 Å². The van der Waals surface area contributed by atoms with Crippen LogP contribution in [0.1, 0.15) is 6.92 Å². The summed E-state index contributed by atoms with van der Waals surface area (Å²) < 4.78 is 0. The van der Waals surface area contributed by atoms with Crippen molar-refractivity contribution < 1.29 is 0 Å². The normalized spacial score (nSPS) is 10.8. The van der Waals surface area contributed by atoms with Gasteiger partial charge in [0.05, 0.1) is 0 Å². The first-order valence-electron chi connectivity index (χ1n) is 2.82. The Hall–Kier alpha value is -0.820. The van der Waals surface area contributed by atoms with Crippen LogP contribution in [-0.4, -0.2) is 5.71 Å². The second-order valence-corrected chi connectivity index (χ2v) is 2.32. The predicted octanol–water partition coefficient (Wildman–Crippen LogP) is 2.89. The van der Waals surface area contributed by atoms with E-state index in [1.807, 2.05) is 0 Å². The van der Waals surface area contributed by atoms with Crippen LogP contribution in [0.2, 0.25) is 0 Å². The Labute approximate surface area is 66.2 Å². The molecule has 0 saturated carbocycles. The third-order valence-electron chi connectivity index (χ3n) is 0.989. The highest BCUT2D eigenvalue weighted by molar-refractivity contribution is 6.31.